The summed E-state index contributed by atoms with van der Waals surface area (Å²) >= 11 is 8.64. The predicted molar refractivity (Wildman–Crippen MR) is 152 cm³/mol. The van der Waals surface area contributed by atoms with Crippen LogP contribution >= 0.6 is 37.9 Å². The standard InChI is InChI=1S/C28H33ClIP/c29-24-16-5-3-1-2-4-6-17-25-31(30,26-18-10-7-11-19-26,27-20-12-8-13-21-27)28-22-14-9-15-23-28/h6-15,17-23H,1-5,16,24-25H2. The van der Waals surface area contributed by atoms with Crippen molar-refractivity contribution in [1.29, 1.82) is 0 Å². The number of alkyl halides is 1. The fraction of sp³-hybridized carbons (Fsp3) is 0.286. The van der Waals surface area contributed by atoms with Gasteiger partial charge in [0.2, 0.25) is 0 Å². The number of hydrogen-bond acceptors (Lipinski definition) is 0. The van der Waals surface area contributed by atoms with Crippen LogP contribution in [0.15, 0.2) is 103 Å². The summed E-state index contributed by atoms with van der Waals surface area (Å²) in [5, 5.41) is 4.33. The molecule has 0 aliphatic rings. The van der Waals surface area contributed by atoms with Gasteiger partial charge in [-0.25, -0.2) is 0 Å². The molecule has 0 bridgehead atoms. The van der Waals surface area contributed by atoms with Crippen LogP contribution in [0.25, 0.3) is 0 Å². The topological polar surface area (TPSA) is 0 Å². The average molecular weight is 563 g/mol. The molecule has 0 spiro atoms. The van der Waals surface area contributed by atoms with Crippen molar-refractivity contribution in [2.75, 3.05) is 12.0 Å². The van der Waals surface area contributed by atoms with Gasteiger partial charge in [0, 0.05) is 0 Å². The van der Waals surface area contributed by atoms with Crippen molar-refractivity contribution in [2.24, 2.45) is 0 Å². The first-order chi connectivity index (χ1) is 15.2. The molecule has 3 aromatic rings. The summed E-state index contributed by atoms with van der Waals surface area (Å²) in [5.74, 6) is 0.793. The predicted octanol–water partition coefficient (Wildman–Crippen LogP) is 8.00. The number of hydrogen-bond donors (Lipinski definition) is 0. The van der Waals surface area contributed by atoms with Crippen LogP contribution < -0.4 is 15.9 Å². The maximum absolute atomic E-state index is 5.78. The molecule has 0 radical (unpaired) electrons. The Bertz CT molecular complexity index is 826. The molecule has 0 aliphatic heterocycles. The van der Waals surface area contributed by atoms with Crippen LogP contribution in [-0.2, 0) is 0 Å². The maximum atomic E-state index is 5.78. The summed E-state index contributed by atoms with van der Waals surface area (Å²) < 4.78 is -2.65. The van der Waals surface area contributed by atoms with E-state index in [9.17, 15) is 0 Å². The van der Waals surface area contributed by atoms with Crippen LogP contribution in [0.3, 0.4) is 0 Å². The third-order valence-electron chi connectivity index (χ3n) is 6.00. The quantitative estimate of drug-likeness (QED) is 0.0690. The van der Waals surface area contributed by atoms with Crippen molar-refractivity contribution in [2.45, 2.75) is 38.5 Å². The summed E-state index contributed by atoms with van der Waals surface area (Å²) in [4.78, 5) is 0. The van der Waals surface area contributed by atoms with Crippen LogP contribution in [0.4, 0.5) is 0 Å². The first-order valence-electron chi connectivity index (χ1n) is 11.3. The Hall–Kier alpha value is -1.15. The molecule has 0 nitrogen and oxygen atoms in total. The monoisotopic (exact) mass is 562 g/mol. The molecule has 0 unspecified atom stereocenters. The Morgan fingerprint density at radius 2 is 1.00 bits per heavy atom. The Morgan fingerprint density at radius 1 is 0.581 bits per heavy atom. The van der Waals surface area contributed by atoms with Gasteiger partial charge in [0.15, 0.2) is 0 Å². The van der Waals surface area contributed by atoms with Gasteiger partial charge in [-0.3, -0.25) is 0 Å². The number of unbranched alkanes of at least 4 members (excludes halogenated alkanes) is 5. The SMILES string of the molecule is ClCCCCCCCC=CCP(I)(c1ccccc1)(c1ccccc1)c1ccccc1. The zero-order valence-electron chi connectivity index (χ0n) is 18.2. The van der Waals surface area contributed by atoms with Crippen LogP contribution in [0, 0.1) is 0 Å². The van der Waals surface area contributed by atoms with E-state index in [1.165, 1.54) is 41.6 Å². The van der Waals surface area contributed by atoms with Crippen molar-refractivity contribution < 1.29 is 0 Å². The number of allylic oxidation sites excluding steroid dienone is 2. The molecule has 0 aromatic heterocycles. The third kappa shape index (κ3) is 5.81. The second kappa shape index (κ2) is 12.2. The molecular weight excluding hydrogens is 530 g/mol. The van der Waals surface area contributed by atoms with Crippen LogP contribution in [0.5, 0.6) is 0 Å². The normalized spacial score (nSPS) is 13.2. The Labute approximate surface area is 206 Å². The molecule has 164 valence electrons. The van der Waals surface area contributed by atoms with E-state index >= 15 is 0 Å². The average Bonchev–Trinajstić information content (AvgIpc) is 2.84. The van der Waals surface area contributed by atoms with E-state index in [4.69, 9.17) is 11.6 Å². The van der Waals surface area contributed by atoms with Gasteiger partial charge in [-0.1, -0.05) is 0 Å². The van der Waals surface area contributed by atoms with Crippen molar-refractivity contribution in [3.8, 4) is 0 Å². The van der Waals surface area contributed by atoms with Crippen LogP contribution in [-0.4, -0.2) is 12.0 Å². The van der Waals surface area contributed by atoms with Crippen LogP contribution in [0.1, 0.15) is 38.5 Å². The van der Waals surface area contributed by atoms with Crippen LogP contribution in [0.2, 0.25) is 0 Å². The van der Waals surface area contributed by atoms with Gasteiger partial charge < -0.3 is 0 Å². The van der Waals surface area contributed by atoms with Gasteiger partial charge >= 0.3 is 208 Å². The molecule has 31 heavy (non-hydrogen) atoms. The van der Waals surface area contributed by atoms with E-state index in [-0.39, 0.29) is 0 Å². The van der Waals surface area contributed by atoms with E-state index in [2.05, 4.69) is 125 Å². The van der Waals surface area contributed by atoms with E-state index in [0.717, 1.165) is 24.9 Å². The number of benzene rings is 3. The minimum absolute atomic E-state index is 0.793. The molecule has 3 rings (SSSR count). The second-order valence-corrected chi connectivity index (χ2v) is 19.1. The van der Waals surface area contributed by atoms with Gasteiger partial charge in [0.05, 0.1) is 0 Å². The molecule has 0 amide bonds. The summed E-state index contributed by atoms with van der Waals surface area (Å²) in [7, 11) is 0. The Balaban J connectivity index is 1.93. The van der Waals surface area contributed by atoms with Crippen molar-refractivity contribution in [3.05, 3.63) is 103 Å². The number of rotatable bonds is 12. The summed E-state index contributed by atoms with van der Waals surface area (Å²) in [6, 6.07) is 33.5. The van der Waals surface area contributed by atoms with E-state index in [1.54, 1.807) is 0 Å². The Kier molecular flexibility index (Phi) is 9.63. The Morgan fingerprint density at radius 3 is 1.45 bits per heavy atom. The fourth-order valence-electron chi connectivity index (χ4n) is 4.26. The molecule has 0 N–H and O–H groups in total. The van der Waals surface area contributed by atoms with Gasteiger partial charge in [-0.05, 0) is 0 Å². The molecule has 0 saturated heterocycles. The minimum atomic E-state index is -2.65. The van der Waals surface area contributed by atoms with Gasteiger partial charge in [-0.15, -0.1) is 0 Å². The summed E-state index contributed by atoms with van der Waals surface area (Å²) in [6.07, 6.45) is 13.3. The van der Waals surface area contributed by atoms with Gasteiger partial charge in [0.25, 0.3) is 0 Å². The van der Waals surface area contributed by atoms with E-state index < -0.39 is 4.25 Å². The molecule has 0 fully saturated rings. The van der Waals surface area contributed by atoms with Gasteiger partial charge in [-0.2, -0.15) is 0 Å². The molecule has 3 heteroatoms. The molecule has 0 aliphatic carbocycles. The molecule has 0 saturated carbocycles. The first-order valence-corrected chi connectivity index (χ1v) is 17.0. The van der Waals surface area contributed by atoms with Crippen molar-refractivity contribution >= 4 is 53.8 Å². The third-order valence-corrected chi connectivity index (χ3v) is 17.5. The van der Waals surface area contributed by atoms with Crippen molar-refractivity contribution in [1.82, 2.24) is 0 Å². The van der Waals surface area contributed by atoms with E-state index in [1.807, 2.05) is 0 Å². The van der Waals surface area contributed by atoms with E-state index in [0.29, 0.717) is 0 Å². The molecule has 3 aromatic carbocycles. The van der Waals surface area contributed by atoms with Gasteiger partial charge in [0.1, 0.15) is 0 Å². The molecule has 0 atom stereocenters. The zero-order chi connectivity index (χ0) is 21.9. The fourth-order valence-corrected chi connectivity index (χ4v) is 12.5. The summed E-state index contributed by atoms with van der Waals surface area (Å²) in [6.45, 7) is 0. The second-order valence-electron chi connectivity index (χ2n) is 8.09. The molecular formula is C28H33ClIP. The van der Waals surface area contributed by atoms with Crippen molar-refractivity contribution in [3.63, 3.8) is 0 Å². The first kappa shape index (κ1) is 24.5. The summed E-state index contributed by atoms with van der Waals surface area (Å²) in [5.41, 5.74) is 0. The molecule has 0 heterocycles. The number of halogens is 2. The zero-order valence-corrected chi connectivity index (χ0v) is 22.0.